The third kappa shape index (κ3) is 5.50. The third-order valence-electron chi connectivity index (χ3n) is 3.75. The van der Waals surface area contributed by atoms with Gasteiger partial charge in [0.05, 0.1) is 0 Å². The van der Waals surface area contributed by atoms with Crippen molar-refractivity contribution >= 4 is 11.9 Å². The molecule has 0 saturated carbocycles. The van der Waals surface area contributed by atoms with Crippen LogP contribution in [0.1, 0.15) is 23.1 Å². The van der Waals surface area contributed by atoms with E-state index in [0.29, 0.717) is 12.0 Å². The van der Waals surface area contributed by atoms with Crippen LogP contribution in [0.2, 0.25) is 0 Å². The molecule has 0 aromatic heterocycles. The molecule has 2 N–H and O–H groups in total. The number of carboxylic acids is 1. The van der Waals surface area contributed by atoms with Gasteiger partial charge in [-0.2, -0.15) is 0 Å². The second kappa shape index (κ2) is 8.24. The Morgan fingerprint density at radius 1 is 1.04 bits per heavy atom. The smallest absolute Gasteiger partial charge is 0.326 e. The lowest BCUT2D eigenvalue weighted by molar-refractivity contribution is -0.141. The zero-order valence-electron chi connectivity index (χ0n) is 13.5. The Morgan fingerprint density at radius 3 is 2.21 bits per heavy atom. The lowest BCUT2D eigenvalue weighted by atomic mass is 10.0. The summed E-state index contributed by atoms with van der Waals surface area (Å²) in [7, 11) is 0. The van der Waals surface area contributed by atoms with Crippen LogP contribution in [0.3, 0.4) is 0 Å². The number of aliphatic carboxylic acids is 1. The number of benzene rings is 2. The minimum atomic E-state index is -1.11. The first-order valence-electron chi connectivity index (χ1n) is 7.76. The minimum absolute atomic E-state index is 0.117. The number of aryl methyl sites for hydroxylation is 2. The van der Waals surface area contributed by atoms with E-state index in [2.05, 4.69) is 5.32 Å². The summed E-state index contributed by atoms with van der Waals surface area (Å²) in [5.41, 5.74) is 2.83. The maximum Gasteiger partial charge on any atom is 0.326 e. The summed E-state index contributed by atoms with van der Waals surface area (Å²) in [5.74, 6) is -1.80. The molecule has 0 aliphatic carbocycles. The molecule has 0 aliphatic rings. The van der Waals surface area contributed by atoms with E-state index in [1.54, 1.807) is 0 Å². The topological polar surface area (TPSA) is 66.4 Å². The number of amides is 1. The molecule has 0 saturated heterocycles. The molecule has 2 aromatic carbocycles. The Labute approximate surface area is 140 Å². The normalized spacial score (nSPS) is 11.8. The van der Waals surface area contributed by atoms with Gasteiger partial charge >= 0.3 is 5.97 Å². The van der Waals surface area contributed by atoms with E-state index in [-0.39, 0.29) is 24.6 Å². The number of halogens is 1. The number of carbonyl (C=O) groups is 2. The molecule has 4 nitrogen and oxygen atoms in total. The van der Waals surface area contributed by atoms with E-state index in [1.807, 2.05) is 31.2 Å². The number of rotatable bonds is 7. The predicted molar refractivity (Wildman–Crippen MR) is 89.2 cm³/mol. The summed E-state index contributed by atoms with van der Waals surface area (Å²) in [6.45, 7) is 1.99. The Bertz CT molecular complexity index is 696. The van der Waals surface area contributed by atoms with Gasteiger partial charge in [0.2, 0.25) is 5.91 Å². The highest BCUT2D eigenvalue weighted by atomic mass is 19.1. The zero-order valence-corrected chi connectivity index (χ0v) is 13.5. The molecular weight excluding hydrogens is 309 g/mol. The monoisotopic (exact) mass is 329 g/mol. The molecule has 0 aliphatic heterocycles. The standard InChI is InChI=1S/C19H20FNO3/c1-13-2-4-14(5-3-13)8-11-18(22)21-17(19(23)24)12-15-6-9-16(20)10-7-15/h2-7,9-10,17H,8,11-12H2,1H3,(H,21,22)(H,23,24)/t17-/m1/s1. The fourth-order valence-corrected chi connectivity index (χ4v) is 2.34. The van der Waals surface area contributed by atoms with E-state index in [1.165, 1.54) is 24.3 Å². The van der Waals surface area contributed by atoms with Crippen molar-refractivity contribution in [3.63, 3.8) is 0 Å². The first-order valence-corrected chi connectivity index (χ1v) is 7.76. The largest absolute Gasteiger partial charge is 0.480 e. The first kappa shape index (κ1) is 17.7. The van der Waals surface area contributed by atoms with Crippen LogP contribution in [0.25, 0.3) is 0 Å². The van der Waals surface area contributed by atoms with E-state index < -0.39 is 12.0 Å². The Balaban J connectivity index is 1.89. The fraction of sp³-hybridized carbons (Fsp3) is 0.263. The van der Waals surface area contributed by atoms with Crippen molar-refractivity contribution in [2.24, 2.45) is 0 Å². The number of carbonyl (C=O) groups excluding carboxylic acids is 1. The molecule has 0 spiro atoms. The summed E-state index contributed by atoms with van der Waals surface area (Å²) in [6, 6.07) is 12.4. The molecule has 5 heteroatoms. The van der Waals surface area contributed by atoms with E-state index in [4.69, 9.17) is 0 Å². The molecule has 0 bridgehead atoms. The van der Waals surface area contributed by atoms with Gasteiger partial charge < -0.3 is 10.4 Å². The van der Waals surface area contributed by atoms with Crippen molar-refractivity contribution in [2.75, 3.05) is 0 Å². The van der Waals surface area contributed by atoms with Crippen LogP contribution >= 0.6 is 0 Å². The molecule has 0 unspecified atom stereocenters. The summed E-state index contributed by atoms with van der Waals surface area (Å²) in [5, 5.41) is 11.8. The minimum Gasteiger partial charge on any atom is -0.480 e. The van der Waals surface area contributed by atoms with Gasteiger partial charge in [0, 0.05) is 12.8 Å². The van der Waals surface area contributed by atoms with E-state index in [0.717, 1.165) is 11.1 Å². The lowest BCUT2D eigenvalue weighted by Gasteiger charge is -2.14. The SMILES string of the molecule is Cc1ccc(CCC(=O)N[C@H](Cc2ccc(F)cc2)C(=O)O)cc1. The molecule has 126 valence electrons. The third-order valence-corrected chi connectivity index (χ3v) is 3.75. The number of hydrogen-bond acceptors (Lipinski definition) is 2. The van der Waals surface area contributed by atoms with Crippen molar-refractivity contribution < 1.29 is 19.1 Å². The van der Waals surface area contributed by atoms with Gasteiger partial charge in [-0.3, -0.25) is 4.79 Å². The van der Waals surface area contributed by atoms with Crippen LogP contribution in [0.4, 0.5) is 4.39 Å². The summed E-state index contributed by atoms with van der Waals surface area (Å²) in [4.78, 5) is 23.3. The maximum atomic E-state index is 12.9. The van der Waals surface area contributed by atoms with E-state index >= 15 is 0 Å². The zero-order chi connectivity index (χ0) is 17.5. The average molecular weight is 329 g/mol. The molecule has 0 fully saturated rings. The molecule has 0 radical (unpaired) electrons. The van der Waals surface area contributed by atoms with Gasteiger partial charge in [0.15, 0.2) is 0 Å². The highest BCUT2D eigenvalue weighted by Gasteiger charge is 2.20. The highest BCUT2D eigenvalue weighted by Crippen LogP contribution is 2.08. The predicted octanol–water partition coefficient (Wildman–Crippen LogP) is 2.88. The van der Waals surface area contributed by atoms with Crippen LogP contribution in [-0.2, 0) is 22.4 Å². The fourth-order valence-electron chi connectivity index (χ4n) is 2.34. The Kier molecular flexibility index (Phi) is 6.07. The second-order valence-electron chi connectivity index (χ2n) is 5.77. The van der Waals surface area contributed by atoms with Crippen LogP contribution in [0.15, 0.2) is 48.5 Å². The van der Waals surface area contributed by atoms with Crippen LogP contribution in [0, 0.1) is 12.7 Å². The lowest BCUT2D eigenvalue weighted by Crippen LogP contribution is -2.42. The van der Waals surface area contributed by atoms with Crippen LogP contribution in [0.5, 0.6) is 0 Å². The Hall–Kier alpha value is -2.69. The van der Waals surface area contributed by atoms with Gasteiger partial charge in [0.25, 0.3) is 0 Å². The van der Waals surface area contributed by atoms with Gasteiger partial charge in [-0.1, -0.05) is 42.0 Å². The van der Waals surface area contributed by atoms with Gasteiger partial charge in [-0.15, -0.1) is 0 Å². The maximum absolute atomic E-state index is 12.9. The van der Waals surface area contributed by atoms with Crippen molar-refractivity contribution in [1.82, 2.24) is 5.32 Å². The molecular formula is C19H20FNO3. The first-order chi connectivity index (χ1) is 11.4. The van der Waals surface area contributed by atoms with Crippen molar-refractivity contribution in [3.8, 4) is 0 Å². The second-order valence-corrected chi connectivity index (χ2v) is 5.77. The molecule has 1 atom stereocenters. The average Bonchev–Trinajstić information content (AvgIpc) is 2.55. The summed E-state index contributed by atoms with van der Waals surface area (Å²) in [6.07, 6.45) is 0.886. The quantitative estimate of drug-likeness (QED) is 0.821. The number of nitrogens with one attached hydrogen (secondary N) is 1. The van der Waals surface area contributed by atoms with Crippen molar-refractivity contribution in [1.29, 1.82) is 0 Å². The number of hydrogen-bond donors (Lipinski definition) is 2. The Morgan fingerprint density at radius 2 is 1.62 bits per heavy atom. The van der Waals surface area contributed by atoms with Crippen molar-refractivity contribution in [2.45, 2.75) is 32.2 Å². The summed E-state index contributed by atoms with van der Waals surface area (Å²) < 4.78 is 12.9. The molecule has 0 heterocycles. The molecule has 2 aromatic rings. The van der Waals surface area contributed by atoms with Gasteiger partial charge in [-0.25, -0.2) is 9.18 Å². The molecule has 2 rings (SSSR count). The van der Waals surface area contributed by atoms with Crippen LogP contribution < -0.4 is 5.32 Å². The number of carboxylic acid groups (broad SMARTS) is 1. The van der Waals surface area contributed by atoms with Gasteiger partial charge in [-0.05, 0) is 36.6 Å². The summed E-state index contributed by atoms with van der Waals surface area (Å²) >= 11 is 0. The highest BCUT2D eigenvalue weighted by molar-refractivity contribution is 5.83. The van der Waals surface area contributed by atoms with Gasteiger partial charge in [0.1, 0.15) is 11.9 Å². The van der Waals surface area contributed by atoms with E-state index in [9.17, 15) is 19.1 Å². The van der Waals surface area contributed by atoms with Crippen LogP contribution in [-0.4, -0.2) is 23.0 Å². The molecule has 24 heavy (non-hydrogen) atoms. The molecule has 1 amide bonds. The van der Waals surface area contributed by atoms with Crippen molar-refractivity contribution in [3.05, 3.63) is 71.0 Å².